The zero-order valence-corrected chi connectivity index (χ0v) is 14.4. The summed E-state index contributed by atoms with van der Waals surface area (Å²) >= 11 is 0. The summed E-state index contributed by atoms with van der Waals surface area (Å²) in [6.45, 7) is 8.46. The molecule has 2 aromatic rings. The Hall–Kier alpha value is -2.20. The zero-order valence-electron chi connectivity index (χ0n) is 14.4. The summed E-state index contributed by atoms with van der Waals surface area (Å²) in [4.78, 5) is 19.6. The molecule has 1 heterocycles. The molecule has 1 aliphatic rings. The van der Waals surface area contributed by atoms with Gasteiger partial charge < -0.3 is 10.0 Å². The van der Waals surface area contributed by atoms with Crippen LogP contribution in [0.15, 0.2) is 30.9 Å². The number of nitrogens with zero attached hydrogens (tertiary/aromatic N) is 2. The highest BCUT2D eigenvalue weighted by Crippen LogP contribution is 2.40. The van der Waals surface area contributed by atoms with Crippen molar-refractivity contribution in [1.29, 1.82) is 0 Å². The van der Waals surface area contributed by atoms with Crippen molar-refractivity contribution in [2.75, 3.05) is 19.7 Å². The molecule has 0 spiro atoms. The largest absolute Gasteiger partial charge is 0.395 e. The molecule has 1 saturated carbocycles. The first-order valence-corrected chi connectivity index (χ1v) is 8.48. The number of aromatic nitrogens is 1. The highest BCUT2D eigenvalue weighted by Gasteiger charge is 2.28. The molecule has 1 aromatic carbocycles. The van der Waals surface area contributed by atoms with Gasteiger partial charge >= 0.3 is 0 Å². The van der Waals surface area contributed by atoms with E-state index in [-0.39, 0.29) is 12.5 Å². The number of hydrogen-bond acceptors (Lipinski definition) is 3. The van der Waals surface area contributed by atoms with Crippen LogP contribution >= 0.6 is 0 Å². The molecular weight excluding hydrogens is 300 g/mol. The van der Waals surface area contributed by atoms with E-state index in [9.17, 15) is 9.90 Å². The van der Waals surface area contributed by atoms with Crippen molar-refractivity contribution in [3.63, 3.8) is 0 Å². The molecule has 3 rings (SSSR count). The van der Waals surface area contributed by atoms with Crippen molar-refractivity contribution in [1.82, 2.24) is 9.88 Å². The molecule has 24 heavy (non-hydrogen) atoms. The van der Waals surface area contributed by atoms with Gasteiger partial charge in [-0.2, -0.15) is 0 Å². The SMILES string of the molecule is C=CCN(CCO)C(=O)c1cc(C2CC2)nc2c(C)cc(C)cc12. The van der Waals surface area contributed by atoms with E-state index >= 15 is 0 Å². The number of benzene rings is 1. The summed E-state index contributed by atoms with van der Waals surface area (Å²) in [5, 5.41) is 10.2. The fourth-order valence-electron chi connectivity index (χ4n) is 3.19. The number of amides is 1. The second-order valence-corrected chi connectivity index (χ2v) is 6.61. The van der Waals surface area contributed by atoms with Gasteiger partial charge in [0.25, 0.3) is 5.91 Å². The van der Waals surface area contributed by atoms with Crippen LogP contribution in [0.1, 0.15) is 45.9 Å². The van der Waals surface area contributed by atoms with Gasteiger partial charge in [-0.3, -0.25) is 9.78 Å². The third-order valence-corrected chi connectivity index (χ3v) is 4.50. The summed E-state index contributed by atoms with van der Waals surface area (Å²) in [6.07, 6.45) is 3.98. The molecular formula is C20H24N2O2. The van der Waals surface area contributed by atoms with Crippen LogP contribution in [0.3, 0.4) is 0 Å². The molecule has 0 unspecified atom stereocenters. The molecule has 1 fully saturated rings. The van der Waals surface area contributed by atoms with Gasteiger partial charge in [-0.25, -0.2) is 0 Å². The third-order valence-electron chi connectivity index (χ3n) is 4.50. The topological polar surface area (TPSA) is 53.4 Å². The molecule has 0 saturated heterocycles. The van der Waals surface area contributed by atoms with Gasteiger partial charge in [0, 0.05) is 30.1 Å². The van der Waals surface area contributed by atoms with Crippen LogP contribution in [0.5, 0.6) is 0 Å². The van der Waals surface area contributed by atoms with E-state index in [0.717, 1.165) is 40.6 Å². The van der Waals surface area contributed by atoms with Gasteiger partial charge in [-0.15, -0.1) is 6.58 Å². The Morgan fingerprint density at radius 1 is 1.38 bits per heavy atom. The lowest BCUT2D eigenvalue weighted by molar-refractivity contribution is 0.0744. The lowest BCUT2D eigenvalue weighted by Crippen LogP contribution is -2.34. The van der Waals surface area contributed by atoms with E-state index < -0.39 is 0 Å². The highest BCUT2D eigenvalue weighted by atomic mass is 16.3. The maximum Gasteiger partial charge on any atom is 0.254 e. The van der Waals surface area contributed by atoms with Crippen LogP contribution in [-0.4, -0.2) is 40.6 Å². The first-order valence-electron chi connectivity index (χ1n) is 8.48. The summed E-state index contributed by atoms with van der Waals surface area (Å²) in [7, 11) is 0. The Bertz CT molecular complexity index is 794. The Labute approximate surface area is 142 Å². The zero-order chi connectivity index (χ0) is 17.3. The number of rotatable bonds is 6. The number of carbonyl (C=O) groups is 1. The lowest BCUT2D eigenvalue weighted by Gasteiger charge is -2.21. The van der Waals surface area contributed by atoms with Crippen LogP contribution < -0.4 is 0 Å². The summed E-state index contributed by atoms with van der Waals surface area (Å²) in [6, 6.07) is 6.09. The van der Waals surface area contributed by atoms with Crippen molar-refractivity contribution in [2.24, 2.45) is 0 Å². The van der Waals surface area contributed by atoms with E-state index in [1.807, 2.05) is 26.0 Å². The van der Waals surface area contributed by atoms with Gasteiger partial charge in [-0.1, -0.05) is 17.7 Å². The van der Waals surface area contributed by atoms with Gasteiger partial charge in [-0.05, 0) is 44.4 Å². The Kier molecular flexibility index (Phi) is 4.67. The monoisotopic (exact) mass is 324 g/mol. The fraction of sp³-hybridized carbons (Fsp3) is 0.400. The minimum Gasteiger partial charge on any atom is -0.395 e. The van der Waals surface area contributed by atoms with Crippen molar-refractivity contribution in [3.05, 3.63) is 53.2 Å². The predicted octanol–water partition coefficient (Wildman–Crippen LogP) is 3.35. The van der Waals surface area contributed by atoms with Crippen molar-refractivity contribution < 1.29 is 9.90 Å². The number of aliphatic hydroxyl groups is 1. The molecule has 1 amide bonds. The van der Waals surface area contributed by atoms with Crippen LogP contribution in [-0.2, 0) is 0 Å². The highest BCUT2D eigenvalue weighted by molar-refractivity contribution is 6.07. The average Bonchev–Trinajstić information content (AvgIpc) is 3.38. The summed E-state index contributed by atoms with van der Waals surface area (Å²) in [5.74, 6) is 0.413. The molecule has 0 radical (unpaired) electrons. The normalized spacial score (nSPS) is 14.0. The Balaban J connectivity index is 2.16. The Morgan fingerprint density at radius 2 is 2.12 bits per heavy atom. The van der Waals surface area contributed by atoms with Crippen LogP contribution in [0, 0.1) is 13.8 Å². The second-order valence-electron chi connectivity index (χ2n) is 6.61. The standard InChI is InChI=1S/C20H24N2O2/c1-4-7-22(8-9-23)20(24)17-12-18(15-5-6-15)21-19-14(3)10-13(2)11-16(17)19/h4,10-12,15,23H,1,5-9H2,2-3H3. The second kappa shape index (κ2) is 6.73. The van der Waals surface area contributed by atoms with E-state index in [0.29, 0.717) is 24.6 Å². The van der Waals surface area contributed by atoms with E-state index in [1.165, 1.54) is 0 Å². The molecule has 4 nitrogen and oxygen atoms in total. The van der Waals surface area contributed by atoms with Gasteiger partial charge in [0.15, 0.2) is 0 Å². The summed E-state index contributed by atoms with van der Waals surface area (Å²) < 4.78 is 0. The quantitative estimate of drug-likeness (QED) is 0.829. The van der Waals surface area contributed by atoms with Gasteiger partial charge in [0.1, 0.15) is 0 Å². The number of aryl methyl sites for hydroxylation is 2. The van der Waals surface area contributed by atoms with Crippen molar-refractivity contribution >= 4 is 16.8 Å². The van der Waals surface area contributed by atoms with Crippen molar-refractivity contribution in [3.8, 4) is 0 Å². The van der Waals surface area contributed by atoms with Crippen molar-refractivity contribution in [2.45, 2.75) is 32.6 Å². The average molecular weight is 324 g/mol. The van der Waals surface area contributed by atoms with Crippen LogP contribution in [0.2, 0.25) is 0 Å². The van der Waals surface area contributed by atoms with E-state index in [4.69, 9.17) is 4.98 Å². The summed E-state index contributed by atoms with van der Waals surface area (Å²) in [5.41, 5.74) is 4.83. The van der Waals surface area contributed by atoms with E-state index in [1.54, 1.807) is 11.0 Å². The number of hydrogen-bond donors (Lipinski definition) is 1. The molecule has 126 valence electrons. The molecule has 0 aliphatic heterocycles. The minimum atomic E-state index is -0.0664. The minimum absolute atomic E-state index is 0.0594. The van der Waals surface area contributed by atoms with Gasteiger partial charge in [0.2, 0.25) is 0 Å². The smallest absolute Gasteiger partial charge is 0.254 e. The first kappa shape index (κ1) is 16.7. The molecule has 1 N–H and O–H groups in total. The number of aliphatic hydroxyl groups excluding tert-OH is 1. The van der Waals surface area contributed by atoms with Gasteiger partial charge in [0.05, 0.1) is 17.7 Å². The number of fused-ring (bicyclic) bond motifs is 1. The maximum atomic E-state index is 13.1. The maximum absolute atomic E-state index is 13.1. The molecule has 1 aliphatic carbocycles. The Morgan fingerprint density at radius 3 is 2.75 bits per heavy atom. The van der Waals surface area contributed by atoms with Crippen LogP contribution in [0.4, 0.5) is 0 Å². The number of pyridine rings is 1. The molecule has 1 aromatic heterocycles. The fourth-order valence-corrected chi connectivity index (χ4v) is 3.19. The predicted molar refractivity (Wildman–Crippen MR) is 96.4 cm³/mol. The lowest BCUT2D eigenvalue weighted by atomic mass is 10.00. The molecule has 0 atom stereocenters. The first-order chi connectivity index (χ1) is 11.5. The third kappa shape index (κ3) is 3.20. The molecule has 4 heteroatoms. The van der Waals surface area contributed by atoms with Crippen LogP contribution in [0.25, 0.3) is 10.9 Å². The van der Waals surface area contributed by atoms with E-state index in [2.05, 4.69) is 12.6 Å². The number of carbonyl (C=O) groups excluding carboxylic acids is 1. The molecule has 0 bridgehead atoms.